The molecular weight excluding hydrogens is 340 g/mol. The summed E-state index contributed by atoms with van der Waals surface area (Å²) in [6.45, 7) is 0. The second-order valence-electron chi connectivity index (χ2n) is 3.27. The second-order valence-corrected chi connectivity index (χ2v) is 4.39. The van der Waals surface area contributed by atoms with Gasteiger partial charge in [-0.2, -0.15) is 0 Å². The maximum absolute atomic E-state index is 10.0. The molecule has 0 saturated heterocycles. The Balaban J connectivity index is 2.93. The summed E-state index contributed by atoms with van der Waals surface area (Å²) in [5.41, 5.74) is 2.34. The van der Waals surface area contributed by atoms with Crippen LogP contribution in [0.4, 0.5) is 0 Å². The fraction of sp³-hybridized carbons (Fsp3) is 0.200. The molecule has 6 heteroatoms. The molecule has 1 aromatic carbocycles. The molecule has 0 atom stereocenters. The summed E-state index contributed by atoms with van der Waals surface area (Å²) in [4.78, 5) is 0. The van der Waals surface area contributed by atoms with Crippen LogP contribution in [0, 0.1) is 0 Å². The maximum atomic E-state index is 10.0. The molecule has 1 heterocycles. The summed E-state index contributed by atoms with van der Waals surface area (Å²) in [6, 6.07) is 7.10. The predicted molar refractivity (Wildman–Crippen MR) is 64.0 cm³/mol. The van der Waals surface area contributed by atoms with E-state index in [4.69, 9.17) is 0 Å². The third-order valence-corrected chi connectivity index (χ3v) is 3.50. The first-order chi connectivity index (χ1) is 7.70. The van der Waals surface area contributed by atoms with Crippen molar-refractivity contribution in [2.24, 2.45) is 0 Å². The number of hydrogen-bond donors (Lipinski definition) is 2. The minimum atomic E-state index is 0.454. The summed E-state index contributed by atoms with van der Waals surface area (Å²) >= 11 is 6.59. The molecule has 16 heavy (non-hydrogen) atoms. The third kappa shape index (κ3) is 1.66. The summed E-state index contributed by atoms with van der Waals surface area (Å²) in [5.74, 6) is 0. The number of aromatic nitrogens is 2. The highest BCUT2D eigenvalue weighted by Gasteiger charge is 2.32. The molecule has 0 aliphatic rings. The maximum Gasteiger partial charge on any atom is 0.333 e. The highest BCUT2D eigenvalue weighted by molar-refractivity contribution is 9.09. The number of fused-ring (bicyclic) bond motifs is 1. The minimum Gasteiger partial charge on any atom is -0.284 e. The van der Waals surface area contributed by atoms with Crippen molar-refractivity contribution < 1.29 is 19.9 Å². The van der Waals surface area contributed by atoms with Crippen LogP contribution in [0.2, 0.25) is 0 Å². The van der Waals surface area contributed by atoms with Gasteiger partial charge in [-0.25, -0.2) is 0 Å². The number of nitrogens with zero attached hydrogens (tertiary/aromatic N) is 2. The van der Waals surface area contributed by atoms with Gasteiger partial charge in [-0.15, -0.1) is 0 Å². The zero-order chi connectivity index (χ0) is 11.7. The van der Waals surface area contributed by atoms with Crippen LogP contribution >= 0.6 is 31.9 Å². The molecule has 0 aliphatic carbocycles. The van der Waals surface area contributed by atoms with Crippen LogP contribution in [0.5, 0.6) is 0 Å². The molecule has 0 amide bonds. The Morgan fingerprint density at radius 1 is 0.875 bits per heavy atom. The molecule has 1 aromatic heterocycles. The summed E-state index contributed by atoms with van der Waals surface area (Å²) in [7, 11) is 0. The molecule has 0 saturated carbocycles. The van der Waals surface area contributed by atoms with Gasteiger partial charge in [0.2, 0.25) is 0 Å². The van der Waals surface area contributed by atoms with E-state index in [0.717, 1.165) is 9.46 Å². The number of hydrogen-bond acceptors (Lipinski definition) is 2. The fourth-order valence-electron chi connectivity index (χ4n) is 1.63. The number of alkyl halides is 2. The average molecular weight is 350 g/mol. The molecule has 2 N–H and O–H groups in total. The van der Waals surface area contributed by atoms with Crippen molar-refractivity contribution in [1.29, 1.82) is 0 Å². The first-order valence-corrected chi connectivity index (χ1v) is 6.86. The first kappa shape index (κ1) is 11.6. The summed E-state index contributed by atoms with van der Waals surface area (Å²) in [6.07, 6.45) is 0. The number of halogens is 2. The Kier molecular flexibility index (Phi) is 3.30. The standard InChI is InChI=1S/C10H10Br2N2O2/c11-5-9-10(6-12)14(16)8-4-2-1-3-7(8)13(9)15/h1-4,15-16H,5-6H2/q+2. The van der Waals surface area contributed by atoms with E-state index in [-0.39, 0.29) is 0 Å². The Morgan fingerprint density at radius 3 is 1.56 bits per heavy atom. The Morgan fingerprint density at radius 2 is 1.25 bits per heavy atom. The van der Waals surface area contributed by atoms with Crippen molar-refractivity contribution >= 4 is 42.9 Å². The van der Waals surface area contributed by atoms with E-state index >= 15 is 0 Å². The van der Waals surface area contributed by atoms with E-state index in [1.165, 1.54) is 0 Å². The molecule has 2 rings (SSSR count). The molecule has 2 aromatic rings. The number of benzene rings is 1. The topological polar surface area (TPSA) is 48.2 Å². The van der Waals surface area contributed by atoms with Crippen molar-refractivity contribution in [3.05, 3.63) is 35.7 Å². The molecule has 84 valence electrons. The van der Waals surface area contributed by atoms with Crippen molar-refractivity contribution in [1.82, 2.24) is 0 Å². The van der Waals surface area contributed by atoms with Crippen molar-refractivity contribution in [2.45, 2.75) is 10.7 Å². The first-order valence-electron chi connectivity index (χ1n) is 4.61. The summed E-state index contributed by atoms with van der Waals surface area (Å²) < 4.78 is 2.18. The van der Waals surface area contributed by atoms with Crippen LogP contribution in [-0.2, 0) is 10.7 Å². The predicted octanol–water partition coefficient (Wildman–Crippen LogP) is 1.68. The van der Waals surface area contributed by atoms with Gasteiger partial charge < -0.3 is 0 Å². The van der Waals surface area contributed by atoms with E-state index < -0.39 is 0 Å². The molecular formula is C10H10Br2N2O2+2. The van der Waals surface area contributed by atoms with E-state index in [2.05, 4.69) is 31.9 Å². The van der Waals surface area contributed by atoms with Crippen LogP contribution < -0.4 is 9.46 Å². The SMILES string of the molecule is O[n+]1c(CBr)c(CBr)[n+](O)c2ccccc21. The Labute approximate surface area is 109 Å². The second kappa shape index (κ2) is 4.55. The summed E-state index contributed by atoms with van der Waals surface area (Å²) in [5, 5.41) is 21.0. The lowest BCUT2D eigenvalue weighted by Crippen LogP contribution is -2.48. The van der Waals surface area contributed by atoms with Crippen LogP contribution in [-0.4, -0.2) is 10.4 Å². The quantitative estimate of drug-likeness (QED) is 0.492. The van der Waals surface area contributed by atoms with Gasteiger partial charge in [0.25, 0.3) is 0 Å². The lowest BCUT2D eigenvalue weighted by atomic mass is 10.2. The third-order valence-electron chi connectivity index (χ3n) is 2.44. The normalized spacial score (nSPS) is 10.9. The van der Waals surface area contributed by atoms with Crippen LogP contribution in [0.15, 0.2) is 24.3 Å². The smallest absolute Gasteiger partial charge is 0.284 e. The minimum absolute atomic E-state index is 0.454. The number of para-hydroxylation sites is 2. The fourth-order valence-corrected chi connectivity index (χ4v) is 2.75. The van der Waals surface area contributed by atoms with Crippen LogP contribution in [0.3, 0.4) is 0 Å². The van der Waals surface area contributed by atoms with Gasteiger partial charge in [0.15, 0.2) is 0 Å². The van der Waals surface area contributed by atoms with E-state index in [0.29, 0.717) is 33.1 Å². The van der Waals surface area contributed by atoms with Crippen molar-refractivity contribution in [3.63, 3.8) is 0 Å². The molecule has 0 radical (unpaired) electrons. The van der Waals surface area contributed by atoms with Gasteiger partial charge in [0, 0.05) is 21.6 Å². The van der Waals surface area contributed by atoms with Crippen LogP contribution in [0.25, 0.3) is 11.0 Å². The Hall–Kier alpha value is -0.880. The van der Waals surface area contributed by atoms with Crippen molar-refractivity contribution in [3.8, 4) is 0 Å². The average Bonchev–Trinajstić information content (AvgIpc) is 2.33. The molecule has 0 bridgehead atoms. The van der Waals surface area contributed by atoms with Gasteiger partial charge in [0.1, 0.15) is 0 Å². The zero-order valence-corrected chi connectivity index (χ0v) is 11.4. The lowest BCUT2D eigenvalue weighted by Gasteiger charge is -1.99. The number of rotatable bonds is 2. The van der Waals surface area contributed by atoms with Crippen LogP contribution in [0.1, 0.15) is 11.4 Å². The van der Waals surface area contributed by atoms with E-state index in [1.807, 2.05) is 0 Å². The lowest BCUT2D eigenvalue weighted by molar-refractivity contribution is -0.927. The molecule has 4 nitrogen and oxygen atoms in total. The molecule has 0 spiro atoms. The zero-order valence-electron chi connectivity index (χ0n) is 8.27. The monoisotopic (exact) mass is 348 g/mol. The van der Waals surface area contributed by atoms with Crippen molar-refractivity contribution in [2.75, 3.05) is 0 Å². The molecule has 0 aliphatic heterocycles. The van der Waals surface area contributed by atoms with E-state index in [9.17, 15) is 10.4 Å². The van der Waals surface area contributed by atoms with Gasteiger partial charge in [-0.05, 0) is 0 Å². The Bertz CT molecular complexity index is 497. The van der Waals surface area contributed by atoms with E-state index in [1.54, 1.807) is 24.3 Å². The van der Waals surface area contributed by atoms with Gasteiger partial charge in [0.05, 0.1) is 10.7 Å². The van der Waals surface area contributed by atoms with Gasteiger partial charge in [-0.3, -0.25) is 10.4 Å². The highest BCUT2D eigenvalue weighted by atomic mass is 79.9. The molecule has 0 fully saturated rings. The highest BCUT2D eigenvalue weighted by Crippen LogP contribution is 2.13. The van der Waals surface area contributed by atoms with Gasteiger partial charge >= 0.3 is 22.4 Å². The largest absolute Gasteiger partial charge is 0.333 e. The van der Waals surface area contributed by atoms with Gasteiger partial charge in [-0.1, -0.05) is 44.0 Å². The molecule has 0 unspecified atom stereocenters.